The van der Waals surface area contributed by atoms with E-state index in [4.69, 9.17) is 4.98 Å². The second-order valence-corrected chi connectivity index (χ2v) is 7.39. The summed E-state index contributed by atoms with van der Waals surface area (Å²) in [5.74, 6) is 0.554. The van der Waals surface area contributed by atoms with Crippen LogP contribution < -0.4 is 0 Å². The minimum Gasteiger partial charge on any atom is -0.288 e. The minimum absolute atomic E-state index is 0.554. The van der Waals surface area contributed by atoms with Gasteiger partial charge in [-0.1, -0.05) is 25.8 Å². The van der Waals surface area contributed by atoms with Crippen molar-refractivity contribution in [3.05, 3.63) is 16.1 Å². The highest BCUT2D eigenvalue weighted by Crippen LogP contribution is 2.36. The van der Waals surface area contributed by atoms with E-state index in [0.29, 0.717) is 5.92 Å². The fourth-order valence-corrected chi connectivity index (χ4v) is 4.48. The molecule has 0 N–H and O–H groups in total. The zero-order valence-electron chi connectivity index (χ0n) is 11.3. The van der Waals surface area contributed by atoms with Gasteiger partial charge < -0.3 is 0 Å². The highest BCUT2D eigenvalue weighted by Gasteiger charge is 2.44. The van der Waals surface area contributed by atoms with Crippen LogP contribution in [0.4, 0.5) is 0 Å². The molecule has 2 unspecified atom stereocenters. The summed E-state index contributed by atoms with van der Waals surface area (Å²) in [5, 5.41) is 3.52. The molecule has 4 rings (SSSR count). The number of piperazine rings is 1. The van der Waals surface area contributed by atoms with Crippen LogP contribution in [-0.2, 0) is 6.54 Å². The molecule has 2 bridgehead atoms. The van der Waals surface area contributed by atoms with Crippen LogP contribution >= 0.6 is 23.3 Å². The normalized spacial score (nSPS) is 28.7. The van der Waals surface area contributed by atoms with E-state index in [1.807, 2.05) is 23.3 Å². The fourth-order valence-electron chi connectivity index (χ4n) is 2.87. The molecule has 5 heteroatoms. The number of rotatable bonds is 4. The van der Waals surface area contributed by atoms with Crippen LogP contribution in [0.5, 0.6) is 0 Å². The van der Waals surface area contributed by atoms with Gasteiger partial charge in [-0.15, -0.1) is 11.3 Å². The van der Waals surface area contributed by atoms with E-state index in [9.17, 15) is 0 Å². The topological polar surface area (TPSA) is 19.4 Å². The average molecular weight is 283 g/mol. The molecule has 4 heterocycles. The average Bonchev–Trinajstić information content (AvgIpc) is 2.85. The minimum atomic E-state index is 0.554. The fraction of sp³-hybridized carbons (Fsp3) is 0.769. The van der Waals surface area contributed by atoms with E-state index in [1.165, 1.54) is 30.2 Å². The van der Waals surface area contributed by atoms with Gasteiger partial charge in [-0.2, -0.15) is 0 Å². The Morgan fingerprint density at radius 2 is 2.17 bits per heavy atom. The summed E-state index contributed by atoms with van der Waals surface area (Å²) in [7, 11) is 0. The second-order valence-electron chi connectivity index (χ2n) is 5.57. The Hall–Kier alpha value is -0.100. The summed E-state index contributed by atoms with van der Waals surface area (Å²) in [4.78, 5) is 7.40. The van der Waals surface area contributed by atoms with Gasteiger partial charge in [-0.3, -0.25) is 4.90 Å². The van der Waals surface area contributed by atoms with E-state index in [2.05, 4.69) is 34.7 Å². The second kappa shape index (κ2) is 5.12. The van der Waals surface area contributed by atoms with Crippen molar-refractivity contribution < 1.29 is 0 Å². The molecule has 3 nitrogen and oxygen atoms in total. The SMILES string of the molecule is CSN1CC2CC(C1)N2Cc1nc(C(C)C)cs1. The molecular weight excluding hydrogens is 262 g/mol. The Morgan fingerprint density at radius 1 is 1.44 bits per heavy atom. The molecule has 0 saturated carbocycles. The predicted molar refractivity (Wildman–Crippen MR) is 79.0 cm³/mol. The Balaban J connectivity index is 1.61. The van der Waals surface area contributed by atoms with Gasteiger partial charge >= 0.3 is 0 Å². The summed E-state index contributed by atoms with van der Waals surface area (Å²) >= 11 is 3.72. The molecule has 1 aromatic rings. The molecule has 0 aliphatic carbocycles. The van der Waals surface area contributed by atoms with Gasteiger partial charge in [-0.25, -0.2) is 9.29 Å². The number of piperidine rings is 1. The number of fused-ring (bicyclic) bond motifs is 2. The molecule has 18 heavy (non-hydrogen) atoms. The molecule has 0 aromatic carbocycles. The maximum Gasteiger partial charge on any atom is 0.107 e. The first kappa shape index (κ1) is 12.9. The van der Waals surface area contributed by atoms with Crippen molar-refractivity contribution in [1.82, 2.24) is 14.2 Å². The van der Waals surface area contributed by atoms with Crippen LogP contribution in [0.15, 0.2) is 5.38 Å². The summed E-state index contributed by atoms with van der Waals surface area (Å²) in [5.41, 5.74) is 1.26. The lowest BCUT2D eigenvalue weighted by Gasteiger charge is -2.55. The van der Waals surface area contributed by atoms with Crippen LogP contribution in [0.25, 0.3) is 0 Å². The highest BCUT2D eigenvalue weighted by atomic mass is 32.2. The Labute approximate surface area is 118 Å². The zero-order chi connectivity index (χ0) is 12.7. The van der Waals surface area contributed by atoms with Gasteiger partial charge in [-0.05, 0) is 18.6 Å². The molecule has 3 aliphatic rings. The van der Waals surface area contributed by atoms with Crippen molar-refractivity contribution in [2.45, 2.75) is 44.8 Å². The van der Waals surface area contributed by atoms with Crippen molar-refractivity contribution in [2.75, 3.05) is 19.3 Å². The summed E-state index contributed by atoms with van der Waals surface area (Å²) in [6.45, 7) is 7.94. The van der Waals surface area contributed by atoms with Gasteiger partial charge in [0.1, 0.15) is 5.01 Å². The van der Waals surface area contributed by atoms with Gasteiger partial charge in [0.2, 0.25) is 0 Å². The Morgan fingerprint density at radius 3 is 2.72 bits per heavy atom. The van der Waals surface area contributed by atoms with Crippen LogP contribution in [0.1, 0.15) is 36.9 Å². The summed E-state index contributed by atoms with van der Waals surface area (Å²) < 4.78 is 2.50. The number of aromatic nitrogens is 1. The third-order valence-corrected chi connectivity index (χ3v) is 5.71. The smallest absolute Gasteiger partial charge is 0.107 e. The highest BCUT2D eigenvalue weighted by molar-refractivity contribution is 7.96. The van der Waals surface area contributed by atoms with Crippen molar-refractivity contribution in [3.63, 3.8) is 0 Å². The predicted octanol–water partition coefficient (Wildman–Crippen LogP) is 2.80. The quantitative estimate of drug-likeness (QED) is 0.791. The third-order valence-electron chi connectivity index (χ3n) is 4.05. The number of thiazole rings is 1. The van der Waals surface area contributed by atoms with Gasteiger partial charge in [0, 0.05) is 30.6 Å². The van der Waals surface area contributed by atoms with Crippen molar-refractivity contribution in [2.24, 2.45) is 0 Å². The Bertz CT molecular complexity index is 406. The molecule has 0 spiro atoms. The molecule has 100 valence electrons. The summed E-state index contributed by atoms with van der Waals surface area (Å²) in [6.07, 6.45) is 3.57. The lowest BCUT2D eigenvalue weighted by atomic mass is 9.89. The largest absolute Gasteiger partial charge is 0.288 e. The van der Waals surface area contributed by atoms with E-state index < -0.39 is 0 Å². The van der Waals surface area contributed by atoms with E-state index in [0.717, 1.165) is 18.6 Å². The van der Waals surface area contributed by atoms with Crippen molar-refractivity contribution in [1.29, 1.82) is 0 Å². The molecule has 0 amide bonds. The Kier molecular flexibility index (Phi) is 3.67. The number of hydrogen-bond donors (Lipinski definition) is 0. The van der Waals surface area contributed by atoms with Gasteiger partial charge in [0.25, 0.3) is 0 Å². The molecule has 0 radical (unpaired) electrons. The lowest BCUT2D eigenvalue weighted by Crippen LogP contribution is -2.66. The van der Waals surface area contributed by atoms with Crippen molar-refractivity contribution >= 4 is 23.3 Å². The van der Waals surface area contributed by atoms with Crippen LogP contribution in [-0.4, -0.2) is 45.6 Å². The van der Waals surface area contributed by atoms with Crippen LogP contribution in [0, 0.1) is 0 Å². The first-order valence-electron chi connectivity index (χ1n) is 6.66. The molecule has 1 aromatic heterocycles. The molecule has 3 saturated heterocycles. The lowest BCUT2D eigenvalue weighted by molar-refractivity contribution is -0.0469. The monoisotopic (exact) mass is 283 g/mol. The number of hydrogen-bond acceptors (Lipinski definition) is 5. The van der Waals surface area contributed by atoms with E-state index >= 15 is 0 Å². The van der Waals surface area contributed by atoms with Crippen molar-refractivity contribution in [3.8, 4) is 0 Å². The van der Waals surface area contributed by atoms with Gasteiger partial charge in [0.05, 0.1) is 12.2 Å². The van der Waals surface area contributed by atoms with E-state index in [-0.39, 0.29) is 0 Å². The molecular formula is C13H21N3S2. The standard InChI is InChI=1S/C13H21N3S2/c1-9(2)12-8-18-13(14-12)7-16-10-4-11(16)6-15(5-10)17-3/h8-11H,4-7H2,1-3H3. The first-order chi connectivity index (χ1) is 8.67. The third kappa shape index (κ3) is 2.33. The number of nitrogens with zero attached hydrogens (tertiary/aromatic N) is 3. The summed E-state index contributed by atoms with van der Waals surface area (Å²) in [6, 6.07) is 1.53. The zero-order valence-corrected chi connectivity index (χ0v) is 12.9. The van der Waals surface area contributed by atoms with E-state index in [1.54, 1.807) is 0 Å². The van der Waals surface area contributed by atoms with Gasteiger partial charge in [0.15, 0.2) is 0 Å². The molecule has 3 fully saturated rings. The first-order valence-corrected chi connectivity index (χ1v) is 8.72. The maximum absolute atomic E-state index is 4.76. The molecule has 3 aliphatic heterocycles. The van der Waals surface area contributed by atoms with Crippen LogP contribution in [0.2, 0.25) is 0 Å². The maximum atomic E-state index is 4.76. The van der Waals surface area contributed by atoms with Crippen LogP contribution in [0.3, 0.4) is 0 Å². The molecule has 2 atom stereocenters.